The van der Waals surface area contributed by atoms with Gasteiger partial charge in [-0.25, -0.2) is 4.98 Å². The molecule has 7 heteroatoms. The van der Waals surface area contributed by atoms with E-state index in [1.54, 1.807) is 35.2 Å². The van der Waals surface area contributed by atoms with Gasteiger partial charge >= 0.3 is 5.97 Å². The van der Waals surface area contributed by atoms with Gasteiger partial charge in [0, 0.05) is 22.4 Å². The molecular formula is C11H8Cl2N2O2S. The minimum absolute atomic E-state index is 0.0503. The SMILES string of the molecule is O=C(O)CSc1nccn1-c1cc(Cl)cc(Cl)c1. The number of thioether (sulfide) groups is 1. The molecule has 0 saturated carbocycles. The van der Waals surface area contributed by atoms with Gasteiger partial charge in [0.15, 0.2) is 5.16 Å². The molecule has 0 saturated heterocycles. The van der Waals surface area contributed by atoms with Crippen molar-refractivity contribution in [1.29, 1.82) is 0 Å². The van der Waals surface area contributed by atoms with Crippen LogP contribution in [0, 0.1) is 0 Å². The molecule has 2 rings (SSSR count). The largest absolute Gasteiger partial charge is 0.481 e. The first-order valence-electron chi connectivity index (χ1n) is 4.90. The number of rotatable bonds is 4. The molecule has 1 aromatic heterocycles. The fourth-order valence-corrected chi connectivity index (χ4v) is 2.61. The van der Waals surface area contributed by atoms with E-state index in [0.717, 1.165) is 17.4 Å². The number of halogens is 2. The Kier molecular flexibility index (Phi) is 4.16. The zero-order chi connectivity index (χ0) is 13.1. The Labute approximate surface area is 118 Å². The molecule has 18 heavy (non-hydrogen) atoms. The molecule has 0 fully saturated rings. The molecule has 0 amide bonds. The van der Waals surface area contributed by atoms with Crippen LogP contribution in [0.3, 0.4) is 0 Å². The van der Waals surface area contributed by atoms with Gasteiger partial charge in [0.1, 0.15) is 0 Å². The Balaban J connectivity index is 2.33. The summed E-state index contributed by atoms with van der Waals surface area (Å²) in [6, 6.07) is 5.10. The lowest BCUT2D eigenvalue weighted by Gasteiger charge is -2.07. The number of benzene rings is 1. The number of hydrogen-bond acceptors (Lipinski definition) is 3. The van der Waals surface area contributed by atoms with Crippen LogP contribution in [0.2, 0.25) is 10.0 Å². The van der Waals surface area contributed by atoms with E-state index in [9.17, 15) is 4.79 Å². The first-order valence-corrected chi connectivity index (χ1v) is 6.65. The summed E-state index contributed by atoms with van der Waals surface area (Å²) in [6.07, 6.45) is 3.32. The van der Waals surface area contributed by atoms with E-state index >= 15 is 0 Å². The van der Waals surface area contributed by atoms with Crippen molar-refractivity contribution in [3.8, 4) is 5.69 Å². The molecule has 2 aromatic rings. The number of carbonyl (C=O) groups is 1. The predicted molar refractivity (Wildman–Crippen MR) is 71.9 cm³/mol. The van der Waals surface area contributed by atoms with Crippen LogP contribution in [0.25, 0.3) is 5.69 Å². The Hall–Kier alpha value is -1.17. The summed E-state index contributed by atoms with van der Waals surface area (Å²) in [5.41, 5.74) is 0.748. The van der Waals surface area contributed by atoms with Gasteiger partial charge in [-0.05, 0) is 18.2 Å². The molecule has 1 heterocycles. The molecule has 4 nitrogen and oxygen atoms in total. The van der Waals surface area contributed by atoms with Crippen LogP contribution in [0.15, 0.2) is 35.7 Å². The first-order chi connectivity index (χ1) is 8.56. The van der Waals surface area contributed by atoms with Crippen molar-refractivity contribution in [3.05, 3.63) is 40.6 Å². The van der Waals surface area contributed by atoms with Crippen molar-refractivity contribution in [3.63, 3.8) is 0 Å². The van der Waals surface area contributed by atoms with Gasteiger partial charge in [0.2, 0.25) is 0 Å². The second-order valence-electron chi connectivity index (χ2n) is 3.39. The Morgan fingerprint density at radius 2 is 2.00 bits per heavy atom. The molecule has 1 N–H and O–H groups in total. The van der Waals surface area contributed by atoms with Crippen molar-refractivity contribution >= 4 is 40.9 Å². The van der Waals surface area contributed by atoms with Gasteiger partial charge in [0.05, 0.1) is 11.4 Å². The smallest absolute Gasteiger partial charge is 0.313 e. The van der Waals surface area contributed by atoms with Crippen LogP contribution >= 0.6 is 35.0 Å². The van der Waals surface area contributed by atoms with Crippen LogP contribution in [0.5, 0.6) is 0 Å². The maximum absolute atomic E-state index is 10.6. The summed E-state index contributed by atoms with van der Waals surface area (Å²) in [5, 5.41) is 10.3. The number of carboxylic acids is 1. The van der Waals surface area contributed by atoms with E-state index in [1.165, 1.54) is 0 Å². The van der Waals surface area contributed by atoms with E-state index in [2.05, 4.69) is 4.98 Å². The monoisotopic (exact) mass is 302 g/mol. The average Bonchev–Trinajstić information content (AvgIpc) is 2.72. The van der Waals surface area contributed by atoms with Crippen LogP contribution in [-0.2, 0) is 4.79 Å². The van der Waals surface area contributed by atoms with E-state index < -0.39 is 5.97 Å². The summed E-state index contributed by atoms with van der Waals surface area (Å²) in [5.74, 6) is -0.940. The molecule has 0 atom stereocenters. The summed E-state index contributed by atoms with van der Waals surface area (Å²) in [7, 11) is 0. The third-order valence-corrected chi connectivity index (χ3v) is 3.45. The molecule has 1 aromatic carbocycles. The molecule has 0 radical (unpaired) electrons. The number of aromatic nitrogens is 2. The van der Waals surface area contributed by atoms with Crippen molar-refractivity contribution in [1.82, 2.24) is 9.55 Å². The average molecular weight is 303 g/mol. The second-order valence-corrected chi connectivity index (χ2v) is 5.21. The minimum atomic E-state index is -0.890. The van der Waals surface area contributed by atoms with E-state index in [0.29, 0.717) is 15.2 Å². The number of aliphatic carboxylic acids is 1. The predicted octanol–water partition coefficient (Wildman–Crippen LogP) is 3.36. The molecule has 0 aliphatic carbocycles. The maximum atomic E-state index is 10.6. The van der Waals surface area contributed by atoms with E-state index in [4.69, 9.17) is 28.3 Å². The summed E-state index contributed by atoms with van der Waals surface area (Å²) < 4.78 is 1.74. The number of imidazole rings is 1. The molecule has 0 unspecified atom stereocenters. The van der Waals surface area contributed by atoms with Gasteiger partial charge in [-0.3, -0.25) is 9.36 Å². The third-order valence-electron chi connectivity index (χ3n) is 2.06. The van der Waals surface area contributed by atoms with E-state index in [1.807, 2.05) is 0 Å². The molecule has 94 valence electrons. The number of nitrogens with zero attached hydrogens (tertiary/aromatic N) is 2. The summed E-state index contributed by atoms with van der Waals surface area (Å²) in [6.45, 7) is 0. The Morgan fingerprint density at radius 1 is 1.33 bits per heavy atom. The zero-order valence-electron chi connectivity index (χ0n) is 9.01. The lowest BCUT2D eigenvalue weighted by molar-refractivity contribution is -0.133. The summed E-state index contributed by atoms with van der Waals surface area (Å²) in [4.78, 5) is 14.7. The first kappa shape index (κ1) is 13.3. The van der Waals surface area contributed by atoms with Crippen molar-refractivity contribution in [2.75, 3.05) is 5.75 Å². The fraction of sp³-hybridized carbons (Fsp3) is 0.0909. The van der Waals surface area contributed by atoms with Crippen LogP contribution in [-0.4, -0.2) is 26.4 Å². The van der Waals surface area contributed by atoms with Gasteiger partial charge < -0.3 is 5.11 Å². The molecular weight excluding hydrogens is 295 g/mol. The number of hydrogen-bond donors (Lipinski definition) is 1. The fourth-order valence-electron chi connectivity index (χ4n) is 1.40. The Bertz CT molecular complexity index is 566. The van der Waals surface area contributed by atoms with Crippen molar-refractivity contribution in [2.24, 2.45) is 0 Å². The molecule has 0 spiro atoms. The quantitative estimate of drug-likeness (QED) is 0.880. The third kappa shape index (κ3) is 3.19. The normalized spacial score (nSPS) is 10.6. The van der Waals surface area contributed by atoms with Crippen molar-refractivity contribution < 1.29 is 9.90 Å². The molecule has 0 aliphatic heterocycles. The highest BCUT2D eigenvalue weighted by Gasteiger charge is 2.09. The maximum Gasteiger partial charge on any atom is 0.313 e. The molecule has 0 aliphatic rings. The zero-order valence-corrected chi connectivity index (χ0v) is 11.3. The van der Waals surface area contributed by atoms with Crippen molar-refractivity contribution in [2.45, 2.75) is 5.16 Å². The Morgan fingerprint density at radius 3 is 2.61 bits per heavy atom. The van der Waals surface area contributed by atoms with Crippen LogP contribution < -0.4 is 0 Å². The van der Waals surface area contributed by atoms with Gasteiger partial charge in [-0.1, -0.05) is 35.0 Å². The topological polar surface area (TPSA) is 55.1 Å². The van der Waals surface area contributed by atoms with E-state index in [-0.39, 0.29) is 5.75 Å². The van der Waals surface area contributed by atoms with Gasteiger partial charge in [-0.15, -0.1) is 0 Å². The van der Waals surface area contributed by atoms with Gasteiger partial charge in [0.25, 0.3) is 0 Å². The highest BCUT2D eigenvalue weighted by Crippen LogP contribution is 2.25. The highest BCUT2D eigenvalue weighted by molar-refractivity contribution is 7.99. The summed E-state index contributed by atoms with van der Waals surface area (Å²) >= 11 is 13.0. The lowest BCUT2D eigenvalue weighted by Crippen LogP contribution is -2.01. The lowest BCUT2D eigenvalue weighted by atomic mass is 10.3. The van der Waals surface area contributed by atoms with Crippen LogP contribution in [0.4, 0.5) is 0 Å². The highest BCUT2D eigenvalue weighted by atomic mass is 35.5. The molecule has 0 bridgehead atoms. The standard InChI is InChI=1S/C11H8Cl2N2O2S/c12-7-3-8(13)5-9(4-7)15-2-1-14-11(15)18-6-10(16)17/h1-5H,6H2,(H,16,17). The minimum Gasteiger partial charge on any atom is -0.481 e. The van der Waals surface area contributed by atoms with Crippen LogP contribution in [0.1, 0.15) is 0 Å². The second kappa shape index (κ2) is 5.65. The number of carboxylic acid groups (broad SMARTS) is 1. The van der Waals surface area contributed by atoms with Gasteiger partial charge in [-0.2, -0.15) is 0 Å².